The second-order valence-electron chi connectivity index (χ2n) is 2.72. The molecule has 0 fully saturated rings. The van der Waals surface area contributed by atoms with Gasteiger partial charge in [-0.3, -0.25) is 0 Å². The van der Waals surface area contributed by atoms with Gasteiger partial charge in [0.25, 0.3) is 0 Å². The van der Waals surface area contributed by atoms with E-state index in [0.717, 1.165) is 0 Å². The molecule has 0 aliphatic rings. The van der Waals surface area contributed by atoms with E-state index in [2.05, 4.69) is 4.52 Å². The Morgan fingerprint density at radius 1 is 1.23 bits per heavy atom. The number of hydrogen-bond donors (Lipinski definition) is 4. The standard InChI is InChI=1S/C5H13O6PSe/c6-1-5(2-7,3-8)4-11-12(9,10)13/h6-8H,1-4H2,(H2,9,10,13)/p-1. The van der Waals surface area contributed by atoms with Crippen LogP contribution in [-0.2, 0) is 9.09 Å². The summed E-state index contributed by atoms with van der Waals surface area (Å²) in [4.78, 5) is 8.70. The molecular formula is C5H12O6PSe-. The number of aliphatic hydroxyl groups is 3. The van der Waals surface area contributed by atoms with Crippen molar-refractivity contribution in [2.75, 3.05) is 26.4 Å². The Kier molecular flexibility index (Phi) is 5.67. The summed E-state index contributed by atoms with van der Waals surface area (Å²) in [6.45, 7) is -1.97. The molecule has 0 bridgehead atoms. The van der Waals surface area contributed by atoms with Gasteiger partial charge in [0, 0.05) is 0 Å². The van der Waals surface area contributed by atoms with Crippen LogP contribution in [0.5, 0.6) is 0 Å². The molecule has 1 unspecified atom stereocenters. The molecule has 6 nitrogen and oxygen atoms in total. The Balaban J connectivity index is 4.19. The number of aliphatic hydroxyl groups excluding tert-OH is 3. The average molecular weight is 278 g/mol. The van der Waals surface area contributed by atoms with Crippen molar-refractivity contribution in [2.45, 2.75) is 0 Å². The summed E-state index contributed by atoms with van der Waals surface area (Å²) in [7, 11) is 0. The first-order chi connectivity index (χ1) is 5.89. The van der Waals surface area contributed by atoms with E-state index in [0.29, 0.717) is 0 Å². The molecule has 0 aliphatic heterocycles. The van der Waals surface area contributed by atoms with Gasteiger partial charge in [-0.1, -0.05) is 0 Å². The minimum absolute atomic E-state index is 0.392. The fourth-order valence-corrected chi connectivity index (χ4v) is 1.27. The van der Waals surface area contributed by atoms with Crippen molar-refractivity contribution in [1.29, 1.82) is 0 Å². The van der Waals surface area contributed by atoms with Crippen molar-refractivity contribution in [3.63, 3.8) is 0 Å². The van der Waals surface area contributed by atoms with Crippen LogP contribution in [0.1, 0.15) is 0 Å². The summed E-state index contributed by atoms with van der Waals surface area (Å²) < 4.78 is 15.1. The average Bonchev–Trinajstić information content (AvgIpc) is 2.06. The molecule has 1 atom stereocenters. The Morgan fingerprint density at radius 3 is 1.85 bits per heavy atom. The SMILES string of the molecule is O=P(O)([Se-])OCC(CO)(CO)CO. The first kappa shape index (κ1) is 13.5. The van der Waals surface area contributed by atoms with Gasteiger partial charge in [-0.05, 0) is 0 Å². The zero-order valence-electron chi connectivity index (χ0n) is 6.79. The molecule has 0 spiro atoms. The quantitative estimate of drug-likeness (QED) is 0.338. The molecular weight excluding hydrogens is 266 g/mol. The van der Waals surface area contributed by atoms with E-state index in [1.54, 1.807) is 0 Å². The van der Waals surface area contributed by atoms with Crippen LogP contribution >= 0.6 is 6.29 Å². The molecule has 4 N–H and O–H groups in total. The van der Waals surface area contributed by atoms with Crippen LogP contribution < -0.4 is 0 Å². The van der Waals surface area contributed by atoms with Crippen molar-refractivity contribution in [2.24, 2.45) is 5.41 Å². The van der Waals surface area contributed by atoms with Gasteiger partial charge in [0.15, 0.2) is 0 Å². The van der Waals surface area contributed by atoms with E-state index >= 15 is 0 Å². The van der Waals surface area contributed by atoms with Gasteiger partial charge < -0.3 is 0 Å². The van der Waals surface area contributed by atoms with Crippen LogP contribution in [0.15, 0.2) is 0 Å². The molecule has 0 aromatic heterocycles. The van der Waals surface area contributed by atoms with Crippen molar-refractivity contribution < 1.29 is 29.3 Å². The molecule has 0 heterocycles. The van der Waals surface area contributed by atoms with E-state index in [-0.39, 0.29) is 0 Å². The predicted octanol–water partition coefficient (Wildman–Crippen LogP) is -1.76. The predicted molar refractivity (Wildman–Crippen MR) is 45.2 cm³/mol. The van der Waals surface area contributed by atoms with Gasteiger partial charge >= 0.3 is 83.0 Å². The Bertz CT molecular complexity index is 179. The molecule has 8 heteroatoms. The summed E-state index contributed by atoms with van der Waals surface area (Å²) in [6, 6.07) is 0. The fourth-order valence-electron chi connectivity index (χ4n) is 0.505. The second-order valence-corrected chi connectivity index (χ2v) is 6.82. The van der Waals surface area contributed by atoms with E-state index < -0.39 is 38.1 Å². The molecule has 0 aromatic carbocycles. The van der Waals surface area contributed by atoms with Crippen LogP contribution in [0.3, 0.4) is 0 Å². The van der Waals surface area contributed by atoms with Crippen LogP contribution in [0, 0.1) is 5.41 Å². The van der Waals surface area contributed by atoms with E-state index in [1.165, 1.54) is 0 Å². The molecule has 0 amide bonds. The Labute approximate surface area is 83.5 Å². The van der Waals surface area contributed by atoms with Gasteiger partial charge in [0.1, 0.15) is 0 Å². The third-order valence-corrected chi connectivity index (χ3v) is 2.66. The van der Waals surface area contributed by atoms with Crippen LogP contribution in [0.4, 0.5) is 0 Å². The maximum atomic E-state index is 10.6. The molecule has 13 heavy (non-hydrogen) atoms. The second kappa shape index (κ2) is 5.44. The molecule has 0 saturated heterocycles. The molecule has 0 rings (SSSR count). The zero-order valence-corrected chi connectivity index (χ0v) is 9.40. The summed E-state index contributed by atoms with van der Waals surface area (Å²) in [5.74, 6) is 0. The Morgan fingerprint density at radius 2 is 1.62 bits per heavy atom. The molecule has 0 radical (unpaired) electrons. The molecule has 0 aromatic rings. The van der Waals surface area contributed by atoms with E-state index in [4.69, 9.17) is 20.2 Å². The van der Waals surface area contributed by atoms with E-state index in [1.807, 2.05) is 15.6 Å². The third-order valence-electron chi connectivity index (χ3n) is 1.54. The summed E-state index contributed by atoms with van der Waals surface area (Å²) in [5.41, 5.74) is -1.28. The summed E-state index contributed by atoms with van der Waals surface area (Å²) in [5, 5.41) is 26.4. The maximum absolute atomic E-state index is 10.6. The summed E-state index contributed by atoms with van der Waals surface area (Å²) >= 11 is 1.91. The summed E-state index contributed by atoms with van der Waals surface area (Å²) in [6.07, 6.45) is -3.76. The zero-order chi connectivity index (χ0) is 10.5. The topological polar surface area (TPSA) is 107 Å². The first-order valence-electron chi connectivity index (χ1n) is 3.40. The number of hydrogen-bond acceptors (Lipinski definition) is 5. The Hall–Kier alpha value is 0.549. The molecule has 80 valence electrons. The van der Waals surface area contributed by atoms with Crippen molar-refractivity contribution in [1.82, 2.24) is 0 Å². The molecule has 0 saturated carbocycles. The van der Waals surface area contributed by atoms with Crippen LogP contribution in [0.25, 0.3) is 0 Å². The van der Waals surface area contributed by atoms with Gasteiger partial charge in [-0.25, -0.2) is 0 Å². The van der Waals surface area contributed by atoms with Crippen LogP contribution in [-0.4, -0.2) is 62.2 Å². The fraction of sp³-hybridized carbons (Fsp3) is 1.00. The molecule has 0 aliphatic carbocycles. The van der Waals surface area contributed by atoms with Crippen LogP contribution in [0.2, 0.25) is 0 Å². The number of rotatable bonds is 6. The third kappa shape index (κ3) is 5.10. The minimum atomic E-state index is -3.76. The first-order valence-corrected chi connectivity index (χ1v) is 7.19. The van der Waals surface area contributed by atoms with Crippen molar-refractivity contribution in [3.05, 3.63) is 0 Å². The van der Waals surface area contributed by atoms with Gasteiger partial charge in [-0.2, -0.15) is 0 Å². The normalized spacial score (nSPS) is 17.0. The van der Waals surface area contributed by atoms with E-state index in [9.17, 15) is 4.57 Å². The van der Waals surface area contributed by atoms with Gasteiger partial charge in [0.2, 0.25) is 0 Å². The van der Waals surface area contributed by atoms with Gasteiger partial charge in [0.05, 0.1) is 0 Å². The van der Waals surface area contributed by atoms with Gasteiger partial charge in [-0.15, -0.1) is 0 Å². The monoisotopic (exact) mass is 279 g/mol. The van der Waals surface area contributed by atoms with Crippen molar-refractivity contribution in [3.8, 4) is 0 Å². The van der Waals surface area contributed by atoms with Crippen molar-refractivity contribution >= 4 is 21.9 Å².